The van der Waals surface area contributed by atoms with Crippen LogP contribution >= 0.6 is 0 Å². The molecule has 414 valence electrons. The highest BCUT2D eigenvalue weighted by Crippen LogP contribution is 2.57. The van der Waals surface area contributed by atoms with Gasteiger partial charge in [0.1, 0.15) is 0 Å². The maximum absolute atomic E-state index is 5.61. The Morgan fingerprint density at radius 1 is 0.170 bits per heavy atom. The summed E-state index contributed by atoms with van der Waals surface area (Å²) in [7, 11) is 0. The predicted molar refractivity (Wildman–Crippen MR) is 362 cm³/mol. The fourth-order valence-electron chi connectivity index (χ4n) is 12.5. The van der Waals surface area contributed by atoms with Crippen LogP contribution in [-0.2, 0) is 0 Å². The van der Waals surface area contributed by atoms with Crippen molar-refractivity contribution in [3.8, 4) is 78.9 Å². The zero-order valence-electron chi connectivity index (χ0n) is 47.8. The van der Waals surface area contributed by atoms with Crippen molar-refractivity contribution in [2.24, 2.45) is 0 Å². The predicted octanol–water partition coefficient (Wildman–Crippen LogP) is 21.4. The Bertz CT molecular complexity index is 4350. The van der Waals surface area contributed by atoms with E-state index in [-0.39, 0.29) is 0 Å². The molecule has 0 saturated carbocycles. The van der Waals surface area contributed by atoms with Crippen molar-refractivity contribution in [3.63, 3.8) is 0 Å². The number of fused-ring (bicyclic) bond motifs is 4. The van der Waals surface area contributed by atoms with E-state index in [1.807, 2.05) is 24.3 Å². The number of para-hydroxylation sites is 10. The molecule has 4 heterocycles. The molecule has 16 rings (SSSR count). The quantitative estimate of drug-likeness (QED) is 0.127. The summed E-state index contributed by atoms with van der Waals surface area (Å²) in [6.07, 6.45) is 0. The van der Waals surface area contributed by atoms with Crippen molar-refractivity contribution in [1.82, 2.24) is 19.9 Å². The lowest BCUT2D eigenvalue weighted by Crippen LogP contribution is -2.24. The molecule has 0 unspecified atom stereocenters. The van der Waals surface area contributed by atoms with Gasteiger partial charge in [-0.25, -0.2) is 19.9 Å². The second-order valence-electron chi connectivity index (χ2n) is 21.8. The zero-order chi connectivity index (χ0) is 58.3. The molecule has 0 N–H and O–H groups in total. The van der Waals surface area contributed by atoms with Crippen molar-refractivity contribution in [1.29, 1.82) is 0 Å². The Labute approximate surface area is 511 Å². The molecule has 0 saturated heterocycles. The molecule has 8 nitrogen and oxygen atoms in total. The molecular weight excluding hydrogens is 1070 g/mol. The topological polar surface area (TPSA) is 64.5 Å². The summed E-state index contributed by atoms with van der Waals surface area (Å²) in [5.74, 6) is 1.14. The molecule has 0 aliphatic carbocycles. The minimum Gasteiger partial charge on any atom is -0.306 e. The van der Waals surface area contributed by atoms with E-state index < -0.39 is 0 Å². The van der Waals surface area contributed by atoms with E-state index in [4.69, 9.17) is 19.9 Å². The van der Waals surface area contributed by atoms with Crippen molar-refractivity contribution in [2.75, 3.05) is 19.6 Å². The average molecular weight is 1130 g/mol. The van der Waals surface area contributed by atoms with Gasteiger partial charge in [0.25, 0.3) is 0 Å². The average Bonchev–Trinajstić information content (AvgIpc) is 0.884. The van der Waals surface area contributed by atoms with Gasteiger partial charge in [0.05, 0.1) is 68.3 Å². The van der Waals surface area contributed by atoms with Gasteiger partial charge in [-0.3, -0.25) is 0 Å². The summed E-state index contributed by atoms with van der Waals surface area (Å²) in [5.41, 5.74) is 23.0. The van der Waals surface area contributed by atoms with Crippen molar-refractivity contribution in [2.45, 2.75) is 0 Å². The fourth-order valence-corrected chi connectivity index (χ4v) is 12.5. The third-order valence-corrected chi connectivity index (χ3v) is 16.5. The second-order valence-corrected chi connectivity index (χ2v) is 21.8. The van der Waals surface area contributed by atoms with Crippen LogP contribution in [0.25, 0.3) is 78.9 Å². The van der Waals surface area contributed by atoms with Crippen LogP contribution in [0.4, 0.5) is 68.2 Å². The van der Waals surface area contributed by atoms with Crippen LogP contribution in [0.15, 0.2) is 328 Å². The van der Waals surface area contributed by atoms with Gasteiger partial charge >= 0.3 is 0 Å². The van der Waals surface area contributed by atoms with E-state index in [0.29, 0.717) is 11.6 Å². The van der Waals surface area contributed by atoms with Crippen LogP contribution in [0.1, 0.15) is 0 Å². The van der Waals surface area contributed by atoms with Crippen molar-refractivity contribution in [3.05, 3.63) is 328 Å². The summed E-state index contributed by atoms with van der Waals surface area (Å²) in [4.78, 5) is 31.9. The molecule has 88 heavy (non-hydrogen) atoms. The lowest BCUT2D eigenvalue weighted by molar-refractivity contribution is 1.16. The minimum absolute atomic E-state index is 0.570. The minimum atomic E-state index is 0.570. The molecule has 0 atom stereocenters. The highest BCUT2D eigenvalue weighted by molar-refractivity contribution is 6.05. The van der Waals surface area contributed by atoms with E-state index in [9.17, 15) is 0 Å². The molecule has 2 aliphatic rings. The van der Waals surface area contributed by atoms with Gasteiger partial charge in [0, 0.05) is 56.1 Å². The lowest BCUT2D eigenvalue weighted by Gasteiger charge is -2.40. The van der Waals surface area contributed by atoms with Gasteiger partial charge in [-0.1, -0.05) is 218 Å². The first-order valence-electron chi connectivity index (χ1n) is 29.6. The third kappa shape index (κ3) is 9.29. The normalized spacial score (nSPS) is 12.2. The van der Waals surface area contributed by atoms with E-state index in [1.165, 1.54) is 0 Å². The van der Waals surface area contributed by atoms with Gasteiger partial charge in [0.15, 0.2) is 11.6 Å². The lowest BCUT2D eigenvalue weighted by atomic mass is 9.92. The Balaban J connectivity index is 0.979. The van der Waals surface area contributed by atoms with E-state index >= 15 is 0 Å². The van der Waals surface area contributed by atoms with E-state index in [1.54, 1.807) is 0 Å². The Morgan fingerprint density at radius 2 is 0.386 bits per heavy atom. The smallest absolute Gasteiger partial charge is 0.161 e. The van der Waals surface area contributed by atoms with E-state index in [2.05, 4.69) is 323 Å². The van der Waals surface area contributed by atoms with Crippen LogP contribution < -0.4 is 19.6 Å². The Hall–Kier alpha value is -12.0. The number of hydrogen-bond acceptors (Lipinski definition) is 8. The monoisotopic (exact) mass is 1130 g/mol. The molecule has 2 aromatic heterocycles. The number of benzene rings is 12. The van der Waals surface area contributed by atoms with Gasteiger partial charge < -0.3 is 19.6 Å². The van der Waals surface area contributed by atoms with Gasteiger partial charge in [-0.2, -0.15) is 0 Å². The van der Waals surface area contributed by atoms with Crippen LogP contribution in [0.5, 0.6) is 0 Å². The van der Waals surface area contributed by atoms with E-state index in [0.717, 1.165) is 136 Å². The SMILES string of the molecule is c1ccc(-c2cc(-c3ccccc3)nc(-c3cc(N4c5ccccc5N(c5ccccc5)c5ccccc54)ccc3-c3ccc(N4c5ccccc5N(c5ccccc5)c5ccccc54)cc3-c3nc(-c4ccccc4)cc(-c4ccccc4)n3)n2)cc1. The van der Waals surface area contributed by atoms with Gasteiger partial charge in [-0.05, 0) is 120 Å². The number of anilines is 12. The molecular formula is C80H54N8. The molecule has 0 amide bonds. The molecule has 12 aromatic carbocycles. The molecule has 0 spiro atoms. The molecule has 14 aromatic rings. The maximum atomic E-state index is 5.61. The molecule has 0 fully saturated rings. The molecule has 0 bridgehead atoms. The highest BCUT2D eigenvalue weighted by Gasteiger charge is 2.34. The van der Waals surface area contributed by atoms with Crippen molar-refractivity contribution < 1.29 is 0 Å². The first-order chi connectivity index (χ1) is 43.7. The summed E-state index contributed by atoms with van der Waals surface area (Å²) in [5, 5.41) is 0. The highest BCUT2D eigenvalue weighted by atomic mass is 15.3. The number of nitrogens with zero attached hydrogens (tertiary/aromatic N) is 8. The molecule has 2 aliphatic heterocycles. The zero-order valence-corrected chi connectivity index (χ0v) is 47.8. The van der Waals surface area contributed by atoms with Crippen LogP contribution in [-0.4, -0.2) is 19.9 Å². The summed E-state index contributed by atoms with van der Waals surface area (Å²) in [6, 6.07) is 115. The molecule has 0 radical (unpaired) electrons. The first-order valence-corrected chi connectivity index (χ1v) is 29.6. The van der Waals surface area contributed by atoms with Gasteiger partial charge in [0.2, 0.25) is 0 Å². The number of aromatic nitrogens is 4. The molecule has 8 heteroatoms. The Kier molecular flexibility index (Phi) is 13.0. The first kappa shape index (κ1) is 51.6. The number of rotatable bonds is 11. The van der Waals surface area contributed by atoms with Crippen molar-refractivity contribution >= 4 is 68.2 Å². The fraction of sp³-hybridized carbons (Fsp3) is 0. The van der Waals surface area contributed by atoms with Crippen LogP contribution in [0.3, 0.4) is 0 Å². The summed E-state index contributed by atoms with van der Waals surface area (Å²) in [6.45, 7) is 0. The maximum Gasteiger partial charge on any atom is 0.161 e. The second kappa shape index (κ2) is 22.2. The third-order valence-electron chi connectivity index (χ3n) is 16.5. The van der Waals surface area contributed by atoms with Crippen LogP contribution in [0, 0.1) is 0 Å². The van der Waals surface area contributed by atoms with Gasteiger partial charge in [-0.15, -0.1) is 0 Å². The Morgan fingerprint density at radius 3 is 0.636 bits per heavy atom. The largest absolute Gasteiger partial charge is 0.306 e. The summed E-state index contributed by atoms with van der Waals surface area (Å²) >= 11 is 0. The standard InChI is InChI=1S/C80H54N8/c1-7-27-55(28-8-1)67-53-68(56-29-9-2-10-30-56)82-79(81-67)65-51-61(87-75-43-23-19-39-71(75)85(59-35-15-5-16-36-59)72-40-20-24-44-76(72)87)47-49-63(65)64-50-48-62(52-66(64)80-83-69(57-31-11-3-12-32-57)54-70(84-80)58-33-13-4-14-34-58)88-77-45-25-21-41-73(77)86(60-37-17-6-18-38-60)74-42-22-26-46-78(74)88/h1-54H. The van der Waals surface area contributed by atoms with Crippen LogP contribution in [0.2, 0.25) is 0 Å². The summed E-state index contributed by atoms with van der Waals surface area (Å²) < 4.78 is 0. The number of hydrogen-bond donors (Lipinski definition) is 0.